The van der Waals surface area contributed by atoms with Crippen LogP contribution in [0, 0.1) is 5.92 Å². The zero-order valence-electron chi connectivity index (χ0n) is 15.4. The van der Waals surface area contributed by atoms with Crippen LogP contribution in [0.15, 0.2) is 40.2 Å². The van der Waals surface area contributed by atoms with Crippen molar-refractivity contribution < 1.29 is 0 Å². The number of thioether (sulfide) groups is 1. The molecule has 1 N–H and O–H groups in total. The zero-order valence-corrected chi connectivity index (χ0v) is 16.2. The smallest absolute Gasteiger partial charge is 0.193 e. The number of hydrogen-bond acceptors (Lipinski definition) is 3. The number of nitrogens with one attached hydrogen (secondary N) is 1. The lowest BCUT2D eigenvalue weighted by molar-refractivity contribution is 0.361. The summed E-state index contributed by atoms with van der Waals surface area (Å²) < 4.78 is 0. The molecule has 0 radical (unpaired) electrons. The number of guanidine groups is 1. The largest absolute Gasteiger partial charge is 0.357 e. The number of rotatable bonds is 8. The van der Waals surface area contributed by atoms with Gasteiger partial charge in [-0.2, -0.15) is 0 Å². The Kier molecular flexibility index (Phi) is 8.47. The molecule has 1 saturated heterocycles. The number of benzene rings is 1. The molecule has 4 nitrogen and oxygen atoms in total. The standard InChI is InChI=1S/C19H32N4S/c1-4-20-19(21-12-14-22(3)5-2)23-13-11-17(15-23)16-24-18-9-7-6-8-10-18/h6-10,17H,4-5,11-16H2,1-3H3,(H,20,21). The van der Waals surface area contributed by atoms with Gasteiger partial charge in [0.15, 0.2) is 5.96 Å². The predicted octanol–water partition coefficient (Wildman–Crippen LogP) is 3.02. The van der Waals surface area contributed by atoms with Crippen LogP contribution >= 0.6 is 11.8 Å². The molecule has 1 aliphatic rings. The topological polar surface area (TPSA) is 30.9 Å². The number of hydrogen-bond donors (Lipinski definition) is 1. The average Bonchev–Trinajstić information content (AvgIpc) is 3.09. The lowest BCUT2D eigenvalue weighted by atomic mass is 10.2. The Bertz CT molecular complexity index is 491. The van der Waals surface area contributed by atoms with Crippen LogP contribution < -0.4 is 5.32 Å². The van der Waals surface area contributed by atoms with Gasteiger partial charge in [0.1, 0.15) is 0 Å². The molecule has 1 aliphatic heterocycles. The minimum Gasteiger partial charge on any atom is -0.357 e. The Morgan fingerprint density at radius 1 is 1.33 bits per heavy atom. The molecule has 0 spiro atoms. The fourth-order valence-corrected chi connectivity index (χ4v) is 3.85. The normalized spacial score (nSPS) is 18.4. The van der Waals surface area contributed by atoms with Gasteiger partial charge in [-0.1, -0.05) is 25.1 Å². The Balaban J connectivity index is 1.80. The second-order valence-electron chi connectivity index (χ2n) is 6.36. The van der Waals surface area contributed by atoms with Crippen molar-refractivity contribution in [1.29, 1.82) is 0 Å². The third kappa shape index (κ3) is 6.36. The summed E-state index contributed by atoms with van der Waals surface area (Å²) in [6.07, 6.45) is 1.26. The van der Waals surface area contributed by atoms with Crippen LogP contribution in [0.1, 0.15) is 20.3 Å². The summed E-state index contributed by atoms with van der Waals surface area (Å²) in [7, 11) is 2.15. The monoisotopic (exact) mass is 348 g/mol. The van der Waals surface area contributed by atoms with Crippen LogP contribution in [-0.2, 0) is 0 Å². The highest BCUT2D eigenvalue weighted by Gasteiger charge is 2.24. The summed E-state index contributed by atoms with van der Waals surface area (Å²) in [5.74, 6) is 3.03. The van der Waals surface area contributed by atoms with Gasteiger partial charge in [-0.3, -0.25) is 4.99 Å². The molecule has 1 aromatic rings. The third-order valence-corrected chi connectivity index (χ3v) is 5.68. The molecular formula is C19H32N4S. The lowest BCUT2D eigenvalue weighted by Gasteiger charge is -2.22. The lowest BCUT2D eigenvalue weighted by Crippen LogP contribution is -2.40. The molecule has 0 bridgehead atoms. The molecule has 1 aromatic carbocycles. The summed E-state index contributed by atoms with van der Waals surface area (Å²) in [5, 5.41) is 3.46. The molecule has 134 valence electrons. The third-order valence-electron chi connectivity index (χ3n) is 4.43. The highest BCUT2D eigenvalue weighted by Crippen LogP contribution is 2.25. The van der Waals surface area contributed by atoms with E-state index in [1.54, 1.807) is 0 Å². The van der Waals surface area contributed by atoms with E-state index in [1.807, 2.05) is 11.8 Å². The van der Waals surface area contributed by atoms with E-state index in [0.29, 0.717) is 0 Å². The second-order valence-corrected chi connectivity index (χ2v) is 7.45. The molecule has 5 heteroatoms. The summed E-state index contributed by atoms with van der Waals surface area (Å²) in [4.78, 5) is 10.9. The van der Waals surface area contributed by atoms with Gasteiger partial charge >= 0.3 is 0 Å². The second kappa shape index (κ2) is 10.6. The van der Waals surface area contributed by atoms with Crippen molar-refractivity contribution in [2.24, 2.45) is 10.9 Å². The number of aliphatic imine (C=N–C) groups is 1. The summed E-state index contributed by atoms with van der Waals surface area (Å²) in [6, 6.07) is 10.7. The molecule has 1 fully saturated rings. The maximum absolute atomic E-state index is 4.82. The Morgan fingerprint density at radius 3 is 2.83 bits per heavy atom. The molecule has 0 saturated carbocycles. The molecule has 1 atom stereocenters. The van der Waals surface area contributed by atoms with Crippen molar-refractivity contribution >= 4 is 17.7 Å². The van der Waals surface area contributed by atoms with Crippen LogP contribution in [0.5, 0.6) is 0 Å². The maximum Gasteiger partial charge on any atom is 0.193 e. The van der Waals surface area contributed by atoms with Crippen LogP contribution in [0.25, 0.3) is 0 Å². The van der Waals surface area contributed by atoms with E-state index in [2.05, 4.69) is 66.3 Å². The number of likely N-dealkylation sites (N-methyl/N-ethyl adjacent to an activating group) is 1. The quantitative estimate of drug-likeness (QED) is 0.444. The van der Waals surface area contributed by atoms with E-state index in [4.69, 9.17) is 4.99 Å². The Morgan fingerprint density at radius 2 is 2.12 bits per heavy atom. The van der Waals surface area contributed by atoms with E-state index in [-0.39, 0.29) is 0 Å². The van der Waals surface area contributed by atoms with Gasteiger partial charge in [0.2, 0.25) is 0 Å². The minimum absolute atomic E-state index is 0.748. The van der Waals surface area contributed by atoms with Gasteiger partial charge in [-0.05, 0) is 45.0 Å². The van der Waals surface area contributed by atoms with Gasteiger partial charge in [0, 0.05) is 36.8 Å². The first-order valence-corrected chi connectivity index (χ1v) is 10.1. The fraction of sp³-hybridized carbons (Fsp3) is 0.632. The molecule has 0 aromatic heterocycles. The van der Waals surface area contributed by atoms with Gasteiger partial charge in [-0.25, -0.2) is 0 Å². The molecule has 0 aliphatic carbocycles. The zero-order chi connectivity index (χ0) is 17.2. The van der Waals surface area contributed by atoms with E-state index in [1.165, 1.54) is 17.1 Å². The highest BCUT2D eigenvalue weighted by molar-refractivity contribution is 7.99. The molecule has 1 unspecified atom stereocenters. The van der Waals surface area contributed by atoms with E-state index < -0.39 is 0 Å². The minimum atomic E-state index is 0.748. The first kappa shape index (κ1) is 19.1. The van der Waals surface area contributed by atoms with Gasteiger partial charge in [0.05, 0.1) is 6.54 Å². The molecule has 2 rings (SSSR count). The van der Waals surface area contributed by atoms with Gasteiger partial charge in [-0.15, -0.1) is 11.8 Å². The summed E-state index contributed by atoms with van der Waals surface area (Å²) in [6.45, 7) is 10.5. The van der Waals surface area contributed by atoms with Gasteiger partial charge < -0.3 is 15.1 Å². The predicted molar refractivity (Wildman–Crippen MR) is 106 cm³/mol. The summed E-state index contributed by atoms with van der Waals surface area (Å²) >= 11 is 1.98. The van der Waals surface area contributed by atoms with Crippen LogP contribution in [0.4, 0.5) is 0 Å². The van der Waals surface area contributed by atoms with Gasteiger partial charge in [0.25, 0.3) is 0 Å². The average molecular weight is 349 g/mol. The fourth-order valence-electron chi connectivity index (χ4n) is 2.80. The first-order valence-electron chi connectivity index (χ1n) is 9.12. The van der Waals surface area contributed by atoms with E-state index in [9.17, 15) is 0 Å². The van der Waals surface area contributed by atoms with Crippen LogP contribution in [0.2, 0.25) is 0 Å². The molecule has 1 heterocycles. The van der Waals surface area contributed by atoms with Crippen LogP contribution in [0.3, 0.4) is 0 Å². The van der Waals surface area contributed by atoms with Crippen molar-refractivity contribution in [3.63, 3.8) is 0 Å². The van der Waals surface area contributed by atoms with Crippen LogP contribution in [-0.4, -0.2) is 67.8 Å². The SMILES string of the molecule is CCNC(=NCCN(C)CC)N1CCC(CSc2ccccc2)C1. The van der Waals surface area contributed by atoms with Crippen molar-refractivity contribution in [2.45, 2.75) is 25.2 Å². The van der Waals surface area contributed by atoms with E-state index in [0.717, 1.165) is 51.1 Å². The number of nitrogens with zero attached hydrogens (tertiary/aromatic N) is 3. The highest BCUT2D eigenvalue weighted by atomic mass is 32.2. The van der Waals surface area contributed by atoms with Crippen molar-refractivity contribution in [3.8, 4) is 0 Å². The Hall–Kier alpha value is -1.20. The van der Waals surface area contributed by atoms with Crippen molar-refractivity contribution in [1.82, 2.24) is 15.1 Å². The van der Waals surface area contributed by atoms with Crippen molar-refractivity contribution in [2.75, 3.05) is 52.1 Å². The van der Waals surface area contributed by atoms with Crippen molar-refractivity contribution in [3.05, 3.63) is 30.3 Å². The molecule has 0 amide bonds. The molecular weight excluding hydrogens is 316 g/mol. The maximum atomic E-state index is 4.82. The first-order chi connectivity index (χ1) is 11.7. The number of likely N-dealkylation sites (tertiary alicyclic amines) is 1. The van der Waals surface area contributed by atoms with E-state index >= 15 is 0 Å². The molecule has 24 heavy (non-hydrogen) atoms. The Labute approximate surface area is 151 Å². The summed E-state index contributed by atoms with van der Waals surface area (Å²) in [5.41, 5.74) is 0.